The molecule has 2 aliphatic carbocycles. The maximum Gasteiger partial charge on any atom is 0.227 e. The maximum atomic E-state index is 6.17. The normalized spacial score (nSPS) is 13.9. The van der Waals surface area contributed by atoms with E-state index in [9.17, 15) is 0 Å². The molecule has 14 rings (SSSR count). The second-order valence-electron chi connectivity index (χ2n) is 19.8. The van der Waals surface area contributed by atoms with E-state index in [2.05, 4.69) is 149 Å². The number of benzene rings is 9. The summed E-state index contributed by atoms with van der Waals surface area (Å²) in [6, 6.07) is 68.6. The monoisotopic (exact) mass is 900 g/mol. The smallest absolute Gasteiger partial charge is 0.227 e. The van der Waals surface area contributed by atoms with Gasteiger partial charge in [0, 0.05) is 33.1 Å². The lowest BCUT2D eigenvalue weighted by Crippen LogP contribution is -2.15. The number of nitrogens with zero attached hydrogens (tertiary/aromatic N) is 4. The topological polar surface area (TPSA) is 77.8 Å². The molecule has 9 aromatic carbocycles. The van der Waals surface area contributed by atoms with Crippen LogP contribution in [0.1, 0.15) is 49.9 Å². The second kappa shape index (κ2) is 14.9. The van der Waals surface area contributed by atoms with Gasteiger partial charge in [-0.25, -0.2) is 19.9 Å². The van der Waals surface area contributed by atoms with Crippen molar-refractivity contribution >= 4 is 33.2 Å². The molecule has 0 N–H and O–H groups in total. The third-order valence-corrected chi connectivity index (χ3v) is 15.0. The number of hydrogen-bond acceptors (Lipinski definition) is 6. The Morgan fingerprint density at radius 3 is 0.957 bits per heavy atom. The van der Waals surface area contributed by atoms with Gasteiger partial charge in [-0.15, -0.1) is 0 Å². The van der Waals surface area contributed by atoms with Crippen molar-refractivity contribution in [3.05, 3.63) is 216 Å². The van der Waals surface area contributed by atoms with Crippen LogP contribution in [0.15, 0.2) is 203 Å². The van der Waals surface area contributed by atoms with Crippen molar-refractivity contribution in [2.24, 2.45) is 0 Å². The van der Waals surface area contributed by atoms with Gasteiger partial charge in [-0.3, -0.25) is 0 Å². The Bertz CT molecular complexity index is 3790. The van der Waals surface area contributed by atoms with Crippen LogP contribution in [-0.4, -0.2) is 19.9 Å². The van der Waals surface area contributed by atoms with E-state index in [0.717, 1.165) is 78.0 Å². The fourth-order valence-electron chi connectivity index (χ4n) is 11.1. The Hall–Kier alpha value is -8.74. The lowest BCUT2D eigenvalue weighted by atomic mass is 9.81. The number of para-hydroxylation sites is 6. The molecular formula is C64H44N4O2. The highest BCUT2D eigenvalue weighted by Crippen LogP contribution is 2.52. The summed E-state index contributed by atoms with van der Waals surface area (Å²) < 4.78 is 12.3. The van der Waals surface area contributed by atoms with Crippen LogP contribution in [0.25, 0.3) is 123 Å². The number of hydrogen-bond donors (Lipinski definition) is 0. The minimum Gasteiger partial charge on any atom is -0.436 e. The minimum absolute atomic E-state index is 0.211. The van der Waals surface area contributed by atoms with Crippen LogP contribution < -0.4 is 0 Å². The standard InChI is InChI=1S/C64H44N4O2/c1-63(2)49-33-41(25-29-45(49)47-31-27-43(35-51(47)63)61-67-55-13-7-9-15-57(55)69-61)37-17-21-39(22-18-37)59-60(66-54-12-6-5-11-53(54)65-59)40-23-19-38(20-24-40)42-26-30-46-48-32-28-44(36-52(48)64(3,4)50(46)34-42)62-68-56-14-8-10-16-58(56)70-62/h5-36H,1-4H3. The van der Waals surface area contributed by atoms with Gasteiger partial charge in [-0.2, -0.15) is 0 Å². The molecule has 0 saturated carbocycles. The molecule has 3 heterocycles. The van der Waals surface area contributed by atoms with Crippen molar-refractivity contribution in [2.45, 2.75) is 38.5 Å². The van der Waals surface area contributed by atoms with Crippen LogP contribution in [0.2, 0.25) is 0 Å². The van der Waals surface area contributed by atoms with E-state index in [1.807, 2.05) is 72.8 Å². The molecule has 332 valence electrons. The largest absolute Gasteiger partial charge is 0.436 e. The predicted octanol–water partition coefficient (Wildman–Crippen LogP) is 16.5. The van der Waals surface area contributed by atoms with E-state index < -0.39 is 0 Å². The van der Waals surface area contributed by atoms with Gasteiger partial charge in [0.15, 0.2) is 11.2 Å². The molecule has 2 aliphatic rings. The maximum absolute atomic E-state index is 6.17. The van der Waals surface area contributed by atoms with Crippen LogP contribution in [0.5, 0.6) is 0 Å². The molecule has 0 radical (unpaired) electrons. The highest BCUT2D eigenvalue weighted by atomic mass is 16.4. The summed E-state index contributed by atoms with van der Waals surface area (Å²) in [5, 5.41) is 0. The molecule has 6 nitrogen and oxygen atoms in total. The molecule has 70 heavy (non-hydrogen) atoms. The molecule has 0 aliphatic heterocycles. The van der Waals surface area contributed by atoms with Gasteiger partial charge < -0.3 is 8.83 Å². The summed E-state index contributed by atoms with van der Waals surface area (Å²) in [5.74, 6) is 1.29. The molecule has 0 fully saturated rings. The van der Waals surface area contributed by atoms with E-state index >= 15 is 0 Å². The Morgan fingerprint density at radius 2 is 0.586 bits per heavy atom. The lowest BCUT2D eigenvalue weighted by Gasteiger charge is -2.22. The number of fused-ring (bicyclic) bond motifs is 9. The van der Waals surface area contributed by atoms with E-state index in [4.69, 9.17) is 28.8 Å². The number of rotatable bonds is 6. The van der Waals surface area contributed by atoms with Gasteiger partial charge in [0.05, 0.1) is 22.4 Å². The summed E-state index contributed by atoms with van der Waals surface area (Å²) >= 11 is 0. The van der Waals surface area contributed by atoms with Gasteiger partial charge in [0.2, 0.25) is 11.8 Å². The van der Waals surface area contributed by atoms with Crippen molar-refractivity contribution in [1.82, 2.24) is 19.9 Å². The molecule has 0 unspecified atom stereocenters. The zero-order chi connectivity index (χ0) is 46.9. The Kier molecular flexibility index (Phi) is 8.57. The molecule has 0 spiro atoms. The van der Waals surface area contributed by atoms with Crippen LogP contribution in [-0.2, 0) is 10.8 Å². The molecule has 0 saturated heterocycles. The van der Waals surface area contributed by atoms with Crippen molar-refractivity contribution in [3.8, 4) is 89.9 Å². The Balaban J connectivity index is 0.758. The Morgan fingerprint density at radius 1 is 0.286 bits per heavy atom. The van der Waals surface area contributed by atoms with E-state index in [0.29, 0.717) is 11.8 Å². The van der Waals surface area contributed by atoms with Crippen LogP contribution in [0.3, 0.4) is 0 Å². The first-order chi connectivity index (χ1) is 34.1. The first-order valence-corrected chi connectivity index (χ1v) is 23.9. The molecule has 0 atom stereocenters. The van der Waals surface area contributed by atoms with E-state index in [-0.39, 0.29) is 10.8 Å². The van der Waals surface area contributed by atoms with E-state index in [1.54, 1.807) is 0 Å². The van der Waals surface area contributed by atoms with Gasteiger partial charge in [-0.05, 0) is 140 Å². The summed E-state index contributed by atoms with van der Waals surface area (Å²) in [6.45, 7) is 9.26. The van der Waals surface area contributed by atoms with Gasteiger partial charge in [0.1, 0.15) is 11.0 Å². The van der Waals surface area contributed by atoms with Gasteiger partial charge in [-0.1, -0.05) is 149 Å². The third-order valence-electron chi connectivity index (χ3n) is 15.0. The van der Waals surface area contributed by atoms with Crippen molar-refractivity contribution < 1.29 is 8.83 Å². The highest BCUT2D eigenvalue weighted by molar-refractivity contribution is 5.90. The van der Waals surface area contributed by atoms with Crippen LogP contribution in [0.4, 0.5) is 0 Å². The first-order valence-electron chi connectivity index (χ1n) is 23.9. The van der Waals surface area contributed by atoms with Crippen molar-refractivity contribution in [3.63, 3.8) is 0 Å². The SMILES string of the molecule is CC1(C)c2cc(-c3ccc(-c4nc5ccccc5nc4-c4ccc(-c5ccc6c(c5)C(C)(C)c5cc(-c7nc8ccccc8o7)ccc5-6)cc4)cc3)ccc2-c2ccc(-c3nc4ccccc4o3)cc21. The Labute approximate surface area is 405 Å². The molecule has 6 heteroatoms. The summed E-state index contributed by atoms with van der Waals surface area (Å²) in [6.07, 6.45) is 0. The average molecular weight is 901 g/mol. The molecular weight excluding hydrogens is 857 g/mol. The van der Waals surface area contributed by atoms with Crippen molar-refractivity contribution in [2.75, 3.05) is 0 Å². The zero-order valence-corrected chi connectivity index (χ0v) is 39.1. The highest BCUT2D eigenvalue weighted by Gasteiger charge is 2.38. The first kappa shape index (κ1) is 40.3. The molecule has 3 aromatic heterocycles. The third kappa shape index (κ3) is 6.19. The van der Waals surface area contributed by atoms with Gasteiger partial charge in [0.25, 0.3) is 0 Å². The molecule has 0 amide bonds. The molecule has 0 bridgehead atoms. The number of oxazole rings is 2. The summed E-state index contributed by atoms with van der Waals surface area (Å²) in [7, 11) is 0. The van der Waals surface area contributed by atoms with E-state index in [1.165, 1.54) is 55.6 Å². The average Bonchev–Trinajstić information content (AvgIpc) is 4.15. The molecule has 12 aromatic rings. The lowest BCUT2D eigenvalue weighted by molar-refractivity contribution is 0.618. The predicted molar refractivity (Wildman–Crippen MR) is 282 cm³/mol. The summed E-state index contributed by atoms with van der Waals surface area (Å²) in [5.41, 5.74) is 25.2. The zero-order valence-electron chi connectivity index (χ0n) is 39.1. The van der Waals surface area contributed by atoms with Gasteiger partial charge >= 0.3 is 0 Å². The number of aromatic nitrogens is 4. The second-order valence-corrected chi connectivity index (χ2v) is 19.8. The quantitative estimate of drug-likeness (QED) is 0.165. The van der Waals surface area contributed by atoms with Crippen molar-refractivity contribution in [1.29, 1.82) is 0 Å². The van der Waals surface area contributed by atoms with Crippen LogP contribution in [0, 0.1) is 0 Å². The fourth-order valence-corrected chi connectivity index (χ4v) is 11.1. The van der Waals surface area contributed by atoms with Crippen LogP contribution >= 0.6 is 0 Å². The summed E-state index contributed by atoms with van der Waals surface area (Å²) in [4.78, 5) is 20.1. The minimum atomic E-state index is -0.211. The fraction of sp³-hybridized carbons (Fsp3) is 0.0938.